The third kappa shape index (κ3) is 3.83. The van der Waals surface area contributed by atoms with E-state index in [1.54, 1.807) is 24.9 Å². The highest BCUT2D eigenvalue weighted by atomic mass is 32.2. The minimum atomic E-state index is -3.66. The molecular weight excluding hydrogens is 380 g/mol. The Kier molecular flexibility index (Phi) is 5.90. The van der Waals surface area contributed by atoms with Crippen molar-refractivity contribution in [3.05, 3.63) is 29.3 Å². The normalized spacial score (nSPS) is 18.4. The van der Waals surface area contributed by atoms with Crippen LogP contribution in [0.1, 0.15) is 36.7 Å². The van der Waals surface area contributed by atoms with Gasteiger partial charge in [0, 0.05) is 44.5 Å². The van der Waals surface area contributed by atoms with E-state index in [4.69, 9.17) is 0 Å². The van der Waals surface area contributed by atoms with Gasteiger partial charge >= 0.3 is 0 Å². The van der Waals surface area contributed by atoms with Crippen LogP contribution in [-0.4, -0.2) is 51.3 Å². The van der Waals surface area contributed by atoms with Crippen LogP contribution in [0.25, 0.3) is 0 Å². The van der Waals surface area contributed by atoms with E-state index in [2.05, 4.69) is 15.5 Å². The van der Waals surface area contributed by atoms with E-state index in [1.165, 1.54) is 10.5 Å². The molecule has 1 N–H and O–H groups in total. The molecule has 0 aromatic carbocycles. The predicted molar refractivity (Wildman–Crippen MR) is 104 cm³/mol. The van der Waals surface area contributed by atoms with Gasteiger partial charge in [0.2, 0.25) is 15.9 Å². The minimum Gasteiger partial charge on any atom is -0.352 e. The van der Waals surface area contributed by atoms with Crippen molar-refractivity contribution in [2.45, 2.75) is 51.6 Å². The van der Waals surface area contributed by atoms with Gasteiger partial charge in [-0.2, -0.15) is 14.5 Å². The summed E-state index contributed by atoms with van der Waals surface area (Å²) < 4.78 is 30.8. The van der Waals surface area contributed by atoms with Crippen molar-refractivity contribution in [3.63, 3.8) is 0 Å². The van der Waals surface area contributed by atoms with Crippen LogP contribution in [0.15, 0.2) is 17.3 Å². The number of nitrogens with zero attached hydrogens (tertiary/aromatic N) is 5. The number of piperidine rings is 1. The first-order valence-corrected chi connectivity index (χ1v) is 11.0. The molecule has 3 rings (SSSR count). The molecular formula is C18H28N6O3S. The van der Waals surface area contributed by atoms with Crippen LogP contribution in [0.5, 0.6) is 0 Å². The number of sulfonamides is 1. The number of amides is 1. The Labute approximate surface area is 165 Å². The topological polar surface area (TPSA) is 102 Å². The lowest BCUT2D eigenvalue weighted by molar-refractivity contribution is -0.126. The molecule has 1 aliphatic rings. The van der Waals surface area contributed by atoms with Gasteiger partial charge in [-0.05, 0) is 33.6 Å². The Hall–Kier alpha value is -2.20. The molecule has 10 heteroatoms. The van der Waals surface area contributed by atoms with E-state index in [-0.39, 0.29) is 23.3 Å². The maximum absolute atomic E-state index is 13.0. The summed E-state index contributed by atoms with van der Waals surface area (Å²) in [6, 6.07) is 0. The quantitative estimate of drug-likeness (QED) is 0.767. The maximum atomic E-state index is 13.0. The molecule has 0 unspecified atom stereocenters. The highest BCUT2D eigenvalue weighted by molar-refractivity contribution is 7.89. The van der Waals surface area contributed by atoms with Gasteiger partial charge in [-0.3, -0.25) is 14.2 Å². The first kappa shape index (κ1) is 20.5. The van der Waals surface area contributed by atoms with Crippen molar-refractivity contribution in [1.29, 1.82) is 0 Å². The van der Waals surface area contributed by atoms with Crippen molar-refractivity contribution in [3.8, 4) is 0 Å². The van der Waals surface area contributed by atoms with E-state index in [0.29, 0.717) is 31.6 Å². The predicted octanol–water partition coefficient (Wildman–Crippen LogP) is 0.970. The number of carbonyl (C=O) groups excluding carboxylic acids is 1. The average molecular weight is 409 g/mol. The lowest BCUT2D eigenvalue weighted by atomic mass is 9.99. The molecule has 0 spiro atoms. The summed E-state index contributed by atoms with van der Waals surface area (Å²) in [5, 5.41) is 11.3. The Bertz CT molecular complexity index is 962. The zero-order chi connectivity index (χ0) is 20.5. The molecule has 1 atom stereocenters. The summed E-state index contributed by atoms with van der Waals surface area (Å²) in [6.07, 6.45) is 4.48. The van der Waals surface area contributed by atoms with Crippen LogP contribution in [0.4, 0.5) is 0 Å². The van der Waals surface area contributed by atoms with Crippen molar-refractivity contribution >= 4 is 15.9 Å². The van der Waals surface area contributed by atoms with Gasteiger partial charge in [0.1, 0.15) is 4.90 Å². The molecule has 154 valence electrons. The van der Waals surface area contributed by atoms with Crippen LogP contribution in [-0.2, 0) is 35.0 Å². The molecule has 0 saturated carbocycles. The number of aryl methyl sites for hydroxylation is 2. The Morgan fingerprint density at radius 2 is 2.00 bits per heavy atom. The summed E-state index contributed by atoms with van der Waals surface area (Å²) in [5.74, 6) is -0.478. The van der Waals surface area contributed by atoms with Crippen molar-refractivity contribution in [2.24, 2.45) is 13.0 Å². The van der Waals surface area contributed by atoms with Crippen LogP contribution in [0.2, 0.25) is 0 Å². The van der Waals surface area contributed by atoms with Crippen LogP contribution in [0, 0.1) is 19.8 Å². The summed E-state index contributed by atoms with van der Waals surface area (Å²) in [6.45, 7) is 7.51. The van der Waals surface area contributed by atoms with E-state index >= 15 is 0 Å². The minimum absolute atomic E-state index is 0.119. The van der Waals surface area contributed by atoms with Gasteiger partial charge < -0.3 is 5.32 Å². The summed E-state index contributed by atoms with van der Waals surface area (Å²) in [7, 11) is -1.94. The first-order chi connectivity index (χ1) is 13.3. The summed E-state index contributed by atoms with van der Waals surface area (Å²) >= 11 is 0. The van der Waals surface area contributed by atoms with Crippen molar-refractivity contribution in [2.75, 3.05) is 13.1 Å². The second-order valence-electron chi connectivity index (χ2n) is 7.21. The number of aromatic nitrogens is 4. The molecule has 3 heterocycles. The standard InChI is InChI=1S/C18H28N6O3S/c1-5-24-13(2)16(10-21-24)9-19-18(25)15-7-6-8-23(12-15)28(26,27)17-11-20-22(4)14(17)3/h10-11,15H,5-9,12H2,1-4H3,(H,19,25)/t15-/m0/s1. The van der Waals surface area contributed by atoms with Gasteiger partial charge in [0.25, 0.3) is 0 Å². The zero-order valence-corrected chi connectivity index (χ0v) is 17.7. The van der Waals surface area contributed by atoms with Gasteiger partial charge in [0.05, 0.1) is 24.0 Å². The van der Waals surface area contributed by atoms with E-state index < -0.39 is 10.0 Å². The smallest absolute Gasteiger partial charge is 0.246 e. The first-order valence-electron chi connectivity index (χ1n) is 9.53. The van der Waals surface area contributed by atoms with Crippen molar-refractivity contribution < 1.29 is 13.2 Å². The highest BCUT2D eigenvalue weighted by Crippen LogP contribution is 2.25. The number of hydrogen-bond acceptors (Lipinski definition) is 5. The van der Waals surface area contributed by atoms with Gasteiger partial charge in [-0.25, -0.2) is 8.42 Å². The Morgan fingerprint density at radius 3 is 2.61 bits per heavy atom. The number of carbonyl (C=O) groups is 1. The fourth-order valence-corrected chi connectivity index (χ4v) is 5.26. The third-order valence-corrected chi connectivity index (χ3v) is 7.49. The third-order valence-electron chi connectivity index (χ3n) is 5.52. The van der Waals surface area contributed by atoms with Crippen LogP contribution >= 0.6 is 0 Å². The number of rotatable bonds is 6. The maximum Gasteiger partial charge on any atom is 0.246 e. The summed E-state index contributed by atoms with van der Waals surface area (Å²) in [5.41, 5.74) is 2.60. The number of hydrogen-bond donors (Lipinski definition) is 1. The van der Waals surface area contributed by atoms with E-state index in [9.17, 15) is 13.2 Å². The zero-order valence-electron chi connectivity index (χ0n) is 16.8. The molecule has 1 saturated heterocycles. The molecule has 2 aromatic heterocycles. The molecule has 1 amide bonds. The van der Waals surface area contributed by atoms with Crippen LogP contribution < -0.4 is 5.32 Å². The Morgan fingerprint density at radius 1 is 1.25 bits per heavy atom. The molecule has 1 aliphatic heterocycles. The van der Waals surface area contributed by atoms with Crippen LogP contribution in [0.3, 0.4) is 0 Å². The fraction of sp³-hybridized carbons (Fsp3) is 0.611. The molecule has 0 bridgehead atoms. The highest BCUT2D eigenvalue weighted by Gasteiger charge is 2.34. The van der Waals surface area contributed by atoms with E-state index in [0.717, 1.165) is 17.8 Å². The molecule has 2 aromatic rings. The summed E-state index contributed by atoms with van der Waals surface area (Å²) in [4.78, 5) is 12.9. The van der Waals surface area contributed by atoms with Gasteiger partial charge in [-0.15, -0.1) is 0 Å². The van der Waals surface area contributed by atoms with Gasteiger partial charge in [-0.1, -0.05) is 0 Å². The second-order valence-corrected chi connectivity index (χ2v) is 9.12. The Balaban J connectivity index is 1.66. The molecule has 9 nitrogen and oxygen atoms in total. The molecule has 28 heavy (non-hydrogen) atoms. The average Bonchev–Trinajstić information content (AvgIpc) is 3.22. The molecule has 0 aliphatic carbocycles. The fourth-order valence-electron chi connectivity index (χ4n) is 3.55. The lowest BCUT2D eigenvalue weighted by Gasteiger charge is -2.31. The monoisotopic (exact) mass is 408 g/mol. The number of nitrogens with one attached hydrogen (secondary N) is 1. The SMILES string of the molecule is CCn1ncc(CNC(=O)[C@H]2CCCN(S(=O)(=O)c3cnn(C)c3C)C2)c1C. The lowest BCUT2D eigenvalue weighted by Crippen LogP contribution is -2.45. The molecule has 0 radical (unpaired) electrons. The second kappa shape index (κ2) is 8.04. The largest absolute Gasteiger partial charge is 0.352 e. The van der Waals surface area contributed by atoms with E-state index in [1.807, 2.05) is 18.5 Å². The van der Waals surface area contributed by atoms with Gasteiger partial charge in [0.15, 0.2) is 0 Å². The molecule has 1 fully saturated rings. The van der Waals surface area contributed by atoms with Crippen molar-refractivity contribution in [1.82, 2.24) is 29.2 Å².